The van der Waals surface area contributed by atoms with Crippen molar-refractivity contribution in [3.8, 4) is 0 Å². The van der Waals surface area contributed by atoms with Gasteiger partial charge in [-0.05, 0) is 37.6 Å². The number of nitrogens with zero attached hydrogens (tertiary/aromatic N) is 2. The minimum atomic E-state index is -3.82. The fraction of sp³-hybridized carbons (Fsp3) is 0.333. The Bertz CT molecular complexity index is 1080. The van der Waals surface area contributed by atoms with Gasteiger partial charge in [0, 0.05) is 13.6 Å². The molecule has 10 heteroatoms. The Balaban J connectivity index is 2.40. The predicted molar refractivity (Wildman–Crippen MR) is 124 cm³/mol. The van der Waals surface area contributed by atoms with Gasteiger partial charge in [0.2, 0.25) is 21.8 Å². The van der Waals surface area contributed by atoms with Crippen LogP contribution in [0.1, 0.15) is 18.1 Å². The van der Waals surface area contributed by atoms with Crippen LogP contribution >= 0.6 is 23.2 Å². The van der Waals surface area contributed by atoms with Crippen molar-refractivity contribution in [3.63, 3.8) is 0 Å². The van der Waals surface area contributed by atoms with E-state index in [2.05, 4.69) is 5.32 Å². The second-order valence-electron chi connectivity index (χ2n) is 7.17. The lowest BCUT2D eigenvalue weighted by Crippen LogP contribution is -2.50. The molecule has 0 saturated carbocycles. The number of carbonyl (C=O) groups excluding carboxylic acids is 2. The molecule has 0 aromatic heterocycles. The number of rotatable bonds is 8. The first-order valence-corrected chi connectivity index (χ1v) is 12.0. The van der Waals surface area contributed by atoms with Gasteiger partial charge in [-0.15, -0.1) is 0 Å². The molecule has 168 valence electrons. The van der Waals surface area contributed by atoms with Gasteiger partial charge in [-0.3, -0.25) is 13.9 Å². The first-order valence-electron chi connectivity index (χ1n) is 9.43. The Kier molecular flexibility index (Phi) is 8.34. The normalized spacial score (nSPS) is 12.2. The molecule has 1 atom stereocenters. The molecule has 7 nitrogen and oxygen atoms in total. The third-order valence-corrected chi connectivity index (χ3v) is 6.60. The molecule has 0 aliphatic heterocycles. The maximum Gasteiger partial charge on any atom is 0.244 e. The molecule has 0 heterocycles. The molecule has 1 unspecified atom stereocenters. The highest BCUT2D eigenvalue weighted by Gasteiger charge is 2.29. The molecule has 2 aromatic carbocycles. The molecule has 0 radical (unpaired) electrons. The van der Waals surface area contributed by atoms with Crippen LogP contribution in [-0.4, -0.2) is 51.0 Å². The number of hydrogen-bond acceptors (Lipinski definition) is 4. The topological polar surface area (TPSA) is 86.8 Å². The second-order valence-corrected chi connectivity index (χ2v) is 9.89. The van der Waals surface area contributed by atoms with Crippen molar-refractivity contribution >= 4 is 50.7 Å². The maximum atomic E-state index is 13.3. The Hall–Kier alpha value is -2.29. The fourth-order valence-corrected chi connectivity index (χ4v) is 4.19. The first-order chi connectivity index (χ1) is 14.4. The number of carbonyl (C=O) groups is 2. The summed E-state index contributed by atoms with van der Waals surface area (Å²) in [6.07, 6.45) is 0.996. The highest BCUT2D eigenvalue weighted by molar-refractivity contribution is 7.92. The van der Waals surface area contributed by atoms with Gasteiger partial charge in [0.25, 0.3) is 0 Å². The minimum Gasteiger partial charge on any atom is -0.357 e. The number of anilines is 1. The molecule has 31 heavy (non-hydrogen) atoms. The second kappa shape index (κ2) is 10.3. The molecule has 2 aromatic rings. The van der Waals surface area contributed by atoms with Gasteiger partial charge in [0.05, 0.1) is 22.0 Å². The first kappa shape index (κ1) is 25.0. The van der Waals surface area contributed by atoms with Crippen LogP contribution in [0.3, 0.4) is 0 Å². The van der Waals surface area contributed by atoms with Crippen LogP contribution in [0.4, 0.5) is 5.69 Å². The third kappa shape index (κ3) is 6.59. The summed E-state index contributed by atoms with van der Waals surface area (Å²) in [5.41, 5.74) is 2.03. The SMILES string of the molecule is CNC(=O)C(C)N(Cc1cccc(C)c1)C(=O)CN(c1ccc(Cl)c(Cl)c1)S(C)(=O)=O. The van der Waals surface area contributed by atoms with Crippen molar-refractivity contribution in [2.24, 2.45) is 0 Å². The van der Waals surface area contributed by atoms with E-state index in [1.54, 1.807) is 6.92 Å². The van der Waals surface area contributed by atoms with Crippen LogP contribution in [-0.2, 0) is 26.2 Å². The van der Waals surface area contributed by atoms with Crippen molar-refractivity contribution in [1.82, 2.24) is 10.2 Å². The van der Waals surface area contributed by atoms with E-state index in [1.807, 2.05) is 31.2 Å². The molecule has 0 spiro atoms. The highest BCUT2D eigenvalue weighted by atomic mass is 35.5. The zero-order valence-electron chi connectivity index (χ0n) is 17.7. The predicted octanol–water partition coefficient (Wildman–Crippen LogP) is 3.23. The summed E-state index contributed by atoms with van der Waals surface area (Å²) >= 11 is 12.0. The molecule has 1 N–H and O–H groups in total. The van der Waals surface area contributed by atoms with Gasteiger partial charge in [-0.25, -0.2) is 8.42 Å². The summed E-state index contributed by atoms with van der Waals surface area (Å²) in [5.74, 6) is -0.893. The van der Waals surface area contributed by atoms with Gasteiger partial charge in [0.1, 0.15) is 12.6 Å². The summed E-state index contributed by atoms with van der Waals surface area (Å²) in [7, 11) is -2.34. The smallest absolute Gasteiger partial charge is 0.244 e. The molecule has 0 saturated heterocycles. The molecule has 0 fully saturated rings. The monoisotopic (exact) mass is 485 g/mol. The summed E-state index contributed by atoms with van der Waals surface area (Å²) in [6, 6.07) is 11.0. The lowest BCUT2D eigenvalue weighted by Gasteiger charge is -2.31. The number of halogens is 2. The Labute approximate surface area is 193 Å². The molecular formula is C21H25Cl2N3O4S. The van der Waals surface area contributed by atoms with Crippen molar-refractivity contribution < 1.29 is 18.0 Å². The number of amides is 2. The van der Waals surface area contributed by atoms with Gasteiger partial charge in [-0.2, -0.15) is 0 Å². The lowest BCUT2D eigenvalue weighted by molar-refractivity contribution is -0.139. The number of likely N-dealkylation sites (N-methyl/N-ethyl adjacent to an activating group) is 1. The number of hydrogen-bond donors (Lipinski definition) is 1. The minimum absolute atomic E-state index is 0.147. The summed E-state index contributed by atoms with van der Waals surface area (Å²) in [5, 5.41) is 2.96. The number of sulfonamides is 1. The van der Waals surface area contributed by atoms with E-state index >= 15 is 0 Å². The number of aryl methyl sites for hydroxylation is 1. The lowest BCUT2D eigenvalue weighted by atomic mass is 10.1. The van der Waals surface area contributed by atoms with Crippen LogP contribution in [0.25, 0.3) is 0 Å². The van der Waals surface area contributed by atoms with Crippen molar-refractivity contribution in [3.05, 3.63) is 63.6 Å². The van der Waals surface area contributed by atoms with E-state index in [1.165, 1.54) is 30.1 Å². The molecular weight excluding hydrogens is 461 g/mol. The molecule has 0 aliphatic rings. The molecule has 2 amide bonds. The van der Waals surface area contributed by atoms with E-state index < -0.39 is 28.5 Å². The van der Waals surface area contributed by atoms with Gasteiger partial charge < -0.3 is 10.2 Å². The largest absolute Gasteiger partial charge is 0.357 e. The standard InChI is InChI=1S/C21H25Cl2N3O4S/c1-14-6-5-7-16(10-14)12-25(15(2)21(28)24-3)20(27)13-26(31(4,29)30)17-8-9-18(22)19(23)11-17/h5-11,15H,12-13H2,1-4H3,(H,24,28). The average molecular weight is 486 g/mol. The Morgan fingerprint density at radius 2 is 1.77 bits per heavy atom. The molecule has 0 aliphatic carbocycles. The van der Waals surface area contributed by atoms with E-state index in [0.29, 0.717) is 0 Å². The number of benzene rings is 2. The highest BCUT2D eigenvalue weighted by Crippen LogP contribution is 2.28. The van der Waals surface area contributed by atoms with E-state index in [-0.39, 0.29) is 28.2 Å². The van der Waals surface area contributed by atoms with Crippen molar-refractivity contribution in [2.45, 2.75) is 26.4 Å². The summed E-state index contributed by atoms with van der Waals surface area (Å²) < 4.78 is 25.8. The van der Waals surface area contributed by atoms with E-state index in [4.69, 9.17) is 23.2 Å². The third-order valence-electron chi connectivity index (χ3n) is 4.72. The Morgan fingerprint density at radius 1 is 1.10 bits per heavy atom. The van der Waals surface area contributed by atoms with Gasteiger partial charge in [0.15, 0.2) is 0 Å². The Morgan fingerprint density at radius 3 is 2.32 bits per heavy atom. The van der Waals surface area contributed by atoms with Crippen LogP contribution in [0.15, 0.2) is 42.5 Å². The van der Waals surface area contributed by atoms with Gasteiger partial charge >= 0.3 is 0 Å². The van der Waals surface area contributed by atoms with Crippen LogP contribution < -0.4 is 9.62 Å². The maximum absolute atomic E-state index is 13.3. The van der Waals surface area contributed by atoms with E-state index in [9.17, 15) is 18.0 Å². The van der Waals surface area contributed by atoms with Crippen LogP contribution in [0, 0.1) is 6.92 Å². The fourth-order valence-electron chi connectivity index (χ4n) is 3.05. The van der Waals surface area contributed by atoms with E-state index in [0.717, 1.165) is 21.7 Å². The van der Waals surface area contributed by atoms with Crippen LogP contribution in [0.2, 0.25) is 10.0 Å². The number of nitrogens with one attached hydrogen (secondary N) is 1. The zero-order chi connectivity index (χ0) is 23.3. The average Bonchev–Trinajstić information content (AvgIpc) is 2.70. The summed E-state index contributed by atoms with van der Waals surface area (Å²) in [6.45, 7) is 3.17. The van der Waals surface area contributed by atoms with Gasteiger partial charge in [-0.1, -0.05) is 53.0 Å². The quantitative estimate of drug-likeness (QED) is 0.621. The molecule has 0 bridgehead atoms. The zero-order valence-corrected chi connectivity index (χ0v) is 20.1. The van der Waals surface area contributed by atoms with Crippen molar-refractivity contribution in [2.75, 3.05) is 24.2 Å². The summed E-state index contributed by atoms with van der Waals surface area (Å²) in [4.78, 5) is 26.9. The van der Waals surface area contributed by atoms with Crippen molar-refractivity contribution in [1.29, 1.82) is 0 Å². The molecule has 2 rings (SSSR count). The van der Waals surface area contributed by atoms with Crippen LogP contribution in [0.5, 0.6) is 0 Å².